The lowest BCUT2D eigenvalue weighted by Gasteiger charge is -1.86. The molecule has 0 saturated carbocycles. The number of halogens is 2. The van der Waals surface area contributed by atoms with Crippen LogP contribution >= 0.6 is 0 Å². The fourth-order valence-corrected chi connectivity index (χ4v) is 0.655. The number of alkyl halides is 2. The maximum Gasteiger partial charge on any atom is 0.214 e. The second-order valence-corrected chi connectivity index (χ2v) is 3.37. The average molecular weight is 110 g/mol. The van der Waals surface area contributed by atoms with E-state index in [9.17, 15) is 8.78 Å². The van der Waals surface area contributed by atoms with Gasteiger partial charge in [0.2, 0.25) is 6.05 Å². The molecule has 0 saturated heterocycles. The van der Waals surface area contributed by atoms with E-state index in [4.69, 9.17) is 0 Å². The SMILES string of the molecule is CC[SiH2]C(F)F. The van der Waals surface area contributed by atoms with Crippen molar-refractivity contribution in [2.45, 2.75) is 19.0 Å². The summed E-state index contributed by atoms with van der Waals surface area (Å²) in [6, 6.07) is -1.24. The van der Waals surface area contributed by atoms with Gasteiger partial charge in [0.05, 0.1) is 0 Å². The minimum atomic E-state index is -1.96. The summed E-state index contributed by atoms with van der Waals surface area (Å²) in [4.78, 5) is 0. The standard InChI is InChI=1S/C3H8F2Si/c1-2-6-3(4)5/h3H,2,6H2,1H3. The van der Waals surface area contributed by atoms with Crippen molar-refractivity contribution in [3.63, 3.8) is 0 Å². The highest BCUT2D eigenvalue weighted by molar-refractivity contribution is 6.36. The number of hydrogen-bond acceptors (Lipinski definition) is 0. The van der Waals surface area contributed by atoms with E-state index in [1.807, 2.05) is 0 Å². The van der Waals surface area contributed by atoms with Crippen LogP contribution in [0, 0.1) is 0 Å². The Labute approximate surface area is 38.4 Å². The van der Waals surface area contributed by atoms with E-state index in [1.165, 1.54) is 0 Å². The maximum atomic E-state index is 11.1. The van der Waals surface area contributed by atoms with Crippen molar-refractivity contribution in [3.8, 4) is 0 Å². The molecule has 0 aromatic heterocycles. The van der Waals surface area contributed by atoms with Gasteiger partial charge >= 0.3 is 0 Å². The van der Waals surface area contributed by atoms with E-state index in [0.717, 1.165) is 6.04 Å². The highest BCUT2D eigenvalue weighted by atomic mass is 28.2. The second-order valence-electron chi connectivity index (χ2n) is 1.18. The van der Waals surface area contributed by atoms with Gasteiger partial charge in [-0.15, -0.1) is 0 Å². The van der Waals surface area contributed by atoms with Crippen molar-refractivity contribution in [3.05, 3.63) is 0 Å². The topological polar surface area (TPSA) is 0 Å². The zero-order valence-electron chi connectivity index (χ0n) is 3.75. The molecule has 0 aromatic carbocycles. The van der Waals surface area contributed by atoms with Crippen LogP contribution in [0.5, 0.6) is 0 Å². The molecule has 0 heterocycles. The molecule has 0 unspecified atom stereocenters. The van der Waals surface area contributed by atoms with Crippen molar-refractivity contribution in [1.82, 2.24) is 0 Å². The summed E-state index contributed by atoms with van der Waals surface area (Å²) in [6.07, 6.45) is 0. The zero-order valence-corrected chi connectivity index (χ0v) is 5.16. The molecule has 0 aliphatic rings. The van der Waals surface area contributed by atoms with Crippen molar-refractivity contribution < 1.29 is 8.78 Å². The first-order chi connectivity index (χ1) is 2.77. The maximum absolute atomic E-state index is 11.1. The Morgan fingerprint density at radius 2 is 2.17 bits per heavy atom. The predicted molar refractivity (Wildman–Crippen MR) is 25.0 cm³/mol. The fraction of sp³-hybridized carbons (Fsp3) is 1.00. The summed E-state index contributed by atoms with van der Waals surface area (Å²) in [5.74, 6) is 0. The number of rotatable bonds is 2. The van der Waals surface area contributed by atoms with E-state index in [-0.39, 0.29) is 0 Å². The monoisotopic (exact) mass is 110 g/mol. The lowest BCUT2D eigenvalue weighted by molar-refractivity contribution is 0.238. The molecule has 0 nitrogen and oxygen atoms in total. The normalized spacial score (nSPS) is 12.0. The highest BCUT2D eigenvalue weighted by Crippen LogP contribution is 1.89. The molecular formula is C3H8F2Si. The van der Waals surface area contributed by atoms with Gasteiger partial charge in [-0.25, -0.2) is 8.78 Å². The van der Waals surface area contributed by atoms with Crippen LogP contribution in [0.15, 0.2) is 0 Å². The minimum absolute atomic E-state index is 0.720. The van der Waals surface area contributed by atoms with E-state index in [1.54, 1.807) is 6.92 Å². The van der Waals surface area contributed by atoms with Crippen LogP contribution in [0.1, 0.15) is 6.92 Å². The molecule has 0 spiro atoms. The molecule has 6 heavy (non-hydrogen) atoms. The molecule has 0 aromatic rings. The third-order valence-corrected chi connectivity index (χ3v) is 1.52. The van der Waals surface area contributed by atoms with Gasteiger partial charge in [0.25, 0.3) is 0 Å². The third kappa shape index (κ3) is 4.08. The fourth-order valence-electron chi connectivity index (χ4n) is 0.218. The van der Waals surface area contributed by atoms with Crippen molar-refractivity contribution in [1.29, 1.82) is 0 Å². The predicted octanol–water partition coefficient (Wildman–Crippen LogP) is 0.816. The summed E-state index contributed by atoms with van der Waals surface area (Å²) < 4.78 is 22.2. The van der Waals surface area contributed by atoms with Gasteiger partial charge in [-0.05, 0) is 0 Å². The number of hydrogen-bond donors (Lipinski definition) is 0. The van der Waals surface area contributed by atoms with Crippen molar-refractivity contribution >= 4 is 9.52 Å². The summed E-state index contributed by atoms with van der Waals surface area (Å²) >= 11 is 0. The molecule has 0 bridgehead atoms. The minimum Gasteiger partial charge on any atom is -0.216 e. The molecule has 3 heteroatoms. The van der Waals surface area contributed by atoms with Gasteiger partial charge in [0.1, 0.15) is 9.52 Å². The molecule has 0 fully saturated rings. The van der Waals surface area contributed by atoms with E-state index < -0.39 is 15.6 Å². The molecule has 0 N–H and O–H groups in total. The summed E-state index contributed by atoms with van der Waals surface area (Å²) in [5, 5.41) is 0. The summed E-state index contributed by atoms with van der Waals surface area (Å²) in [5.41, 5.74) is 0. The van der Waals surface area contributed by atoms with Crippen LogP contribution in [0.25, 0.3) is 0 Å². The van der Waals surface area contributed by atoms with Crippen LogP contribution in [0.3, 0.4) is 0 Å². The first kappa shape index (κ1) is 6.08. The first-order valence-corrected chi connectivity index (χ1v) is 3.87. The first-order valence-electron chi connectivity index (χ1n) is 2.05. The molecular weight excluding hydrogens is 102 g/mol. The average Bonchev–Trinajstić information content (AvgIpc) is 1.35. The van der Waals surface area contributed by atoms with Gasteiger partial charge < -0.3 is 0 Å². The Morgan fingerprint density at radius 3 is 2.17 bits per heavy atom. The molecule has 0 atom stereocenters. The van der Waals surface area contributed by atoms with E-state index in [2.05, 4.69) is 0 Å². The lowest BCUT2D eigenvalue weighted by atomic mass is 11.0. The lowest BCUT2D eigenvalue weighted by Crippen LogP contribution is -1.99. The van der Waals surface area contributed by atoms with E-state index in [0.29, 0.717) is 0 Å². The molecule has 0 aliphatic heterocycles. The Hall–Kier alpha value is 0.0769. The van der Waals surface area contributed by atoms with Gasteiger partial charge in [0.15, 0.2) is 0 Å². The van der Waals surface area contributed by atoms with Crippen molar-refractivity contribution in [2.75, 3.05) is 0 Å². The smallest absolute Gasteiger partial charge is 0.214 e. The Kier molecular flexibility index (Phi) is 3.32. The second kappa shape index (κ2) is 3.27. The van der Waals surface area contributed by atoms with Gasteiger partial charge in [0, 0.05) is 0 Å². The van der Waals surface area contributed by atoms with Crippen LogP contribution in [-0.2, 0) is 0 Å². The molecule has 38 valence electrons. The largest absolute Gasteiger partial charge is 0.216 e. The zero-order chi connectivity index (χ0) is 4.99. The third-order valence-electron chi connectivity index (χ3n) is 0.507. The molecule has 0 aliphatic carbocycles. The van der Waals surface area contributed by atoms with Crippen LogP contribution in [0.4, 0.5) is 8.78 Å². The summed E-state index contributed by atoms with van der Waals surface area (Å²) in [7, 11) is -0.977. The van der Waals surface area contributed by atoms with Crippen LogP contribution in [-0.4, -0.2) is 15.6 Å². The van der Waals surface area contributed by atoms with Crippen LogP contribution in [0.2, 0.25) is 6.04 Å². The molecule has 0 rings (SSSR count). The Bertz CT molecular complexity index is 30.0. The molecule has 0 radical (unpaired) electrons. The Balaban J connectivity index is 2.63. The van der Waals surface area contributed by atoms with Gasteiger partial charge in [-0.2, -0.15) is 0 Å². The van der Waals surface area contributed by atoms with Crippen LogP contribution < -0.4 is 0 Å². The highest BCUT2D eigenvalue weighted by Gasteiger charge is 1.96. The quantitative estimate of drug-likeness (QED) is 0.461. The van der Waals surface area contributed by atoms with Crippen molar-refractivity contribution in [2.24, 2.45) is 0 Å². The van der Waals surface area contributed by atoms with Gasteiger partial charge in [-0.1, -0.05) is 13.0 Å². The van der Waals surface area contributed by atoms with E-state index >= 15 is 0 Å². The molecule has 0 amide bonds. The Morgan fingerprint density at radius 1 is 1.67 bits per heavy atom. The summed E-state index contributed by atoms with van der Waals surface area (Å²) in [6.45, 7) is 1.80. The van der Waals surface area contributed by atoms with Gasteiger partial charge in [-0.3, -0.25) is 0 Å².